The molecule has 0 amide bonds. The van der Waals surface area contributed by atoms with Crippen molar-refractivity contribution >= 4 is 32.3 Å². The van der Waals surface area contributed by atoms with Crippen LogP contribution in [0.4, 0.5) is 0 Å². The van der Waals surface area contributed by atoms with E-state index in [0.29, 0.717) is 0 Å². The Labute approximate surface area is 132 Å². The molecule has 22 heavy (non-hydrogen) atoms. The zero-order chi connectivity index (χ0) is 15.1. The van der Waals surface area contributed by atoms with Gasteiger partial charge in [0, 0.05) is 16.5 Å². The second kappa shape index (κ2) is 5.11. The third-order valence-corrected chi connectivity index (χ3v) is 5.00. The summed E-state index contributed by atoms with van der Waals surface area (Å²) in [4.78, 5) is 13.0. The van der Waals surface area contributed by atoms with Gasteiger partial charge in [0.25, 0.3) is 5.56 Å². The molecule has 2 aromatic carbocycles. The highest BCUT2D eigenvalue weighted by Gasteiger charge is 2.14. The van der Waals surface area contributed by atoms with E-state index in [-0.39, 0.29) is 5.56 Å². The van der Waals surface area contributed by atoms with E-state index in [9.17, 15) is 4.79 Å². The smallest absolute Gasteiger partial charge is 0.273 e. The van der Waals surface area contributed by atoms with E-state index < -0.39 is 0 Å². The number of benzene rings is 2. The molecule has 0 unspecified atom stereocenters. The Morgan fingerprint density at radius 1 is 1.00 bits per heavy atom. The number of thiophene rings is 1. The largest absolute Gasteiger partial charge is 0.276 e. The van der Waals surface area contributed by atoms with Crippen LogP contribution >= 0.6 is 11.3 Å². The van der Waals surface area contributed by atoms with Crippen LogP contribution in [0.3, 0.4) is 0 Å². The van der Waals surface area contributed by atoms with Gasteiger partial charge in [-0.05, 0) is 41.6 Å². The third-order valence-electron chi connectivity index (χ3n) is 4.10. The lowest BCUT2D eigenvalue weighted by Gasteiger charge is -2.13. The van der Waals surface area contributed by atoms with E-state index in [1.807, 2.05) is 52.4 Å². The summed E-state index contributed by atoms with van der Waals surface area (Å²) >= 11 is 1.52. The number of aromatic nitrogens is 1. The summed E-state index contributed by atoms with van der Waals surface area (Å²) in [5.74, 6) is 0. The van der Waals surface area contributed by atoms with Crippen LogP contribution in [0.15, 0.2) is 64.8 Å². The van der Waals surface area contributed by atoms with Crippen molar-refractivity contribution in [3.8, 4) is 5.69 Å². The van der Waals surface area contributed by atoms with Crippen LogP contribution < -0.4 is 5.56 Å². The molecule has 0 saturated heterocycles. The third kappa shape index (κ3) is 1.82. The zero-order valence-corrected chi connectivity index (χ0v) is 13.1. The van der Waals surface area contributed by atoms with Crippen molar-refractivity contribution in [2.75, 3.05) is 0 Å². The fourth-order valence-corrected chi connectivity index (χ4v) is 3.92. The summed E-state index contributed by atoms with van der Waals surface area (Å²) in [6.07, 6.45) is 0.954. The Balaban J connectivity index is 2.29. The fourth-order valence-electron chi connectivity index (χ4n) is 3.09. The number of para-hydroxylation sites is 1. The van der Waals surface area contributed by atoms with Crippen molar-refractivity contribution in [1.29, 1.82) is 0 Å². The maximum absolute atomic E-state index is 13.0. The van der Waals surface area contributed by atoms with Crippen LogP contribution in [0.25, 0.3) is 26.7 Å². The van der Waals surface area contributed by atoms with Gasteiger partial charge in [-0.15, -0.1) is 11.3 Å². The summed E-state index contributed by atoms with van der Waals surface area (Å²) in [5.41, 5.74) is 3.25. The number of pyridine rings is 1. The Morgan fingerprint density at radius 2 is 1.82 bits per heavy atom. The molecule has 4 rings (SSSR count). The molecule has 2 heterocycles. The highest BCUT2D eigenvalue weighted by Crippen LogP contribution is 2.30. The number of fused-ring (bicyclic) bond motifs is 3. The van der Waals surface area contributed by atoms with Crippen molar-refractivity contribution in [3.05, 3.63) is 75.9 Å². The lowest BCUT2D eigenvalue weighted by Crippen LogP contribution is -2.18. The van der Waals surface area contributed by atoms with Crippen LogP contribution in [0.1, 0.15) is 12.5 Å². The molecule has 3 heteroatoms. The van der Waals surface area contributed by atoms with Gasteiger partial charge >= 0.3 is 0 Å². The number of aryl methyl sites for hydroxylation is 1. The van der Waals surface area contributed by atoms with Crippen molar-refractivity contribution in [2.45, 2.75) is 13.3 Å². The first-order valence-corrected chi connectivity index (χ1v) is 8.28. The highest BCUT2D eigenvalue weighted by atomic mass is 32.1. The Morgan fingerprint density at radius 3 is 2.59 bits per heavy atom. The van der Waals surface area contributed by atoms with Crippen molar-refractivity contribution < 1.29 is 0 Å². The minimum atomic E-state index is 0.0666. The molecule has 2 aromatic heterocycles. The molecule has 0 saturated carbocycles. The lowest BCUT2D eigenvalue weighted by atomic mass is 10.0. The highest BCUT2D eigenvalue weighted by molar-refractivity contribution is 7.17. The summed E-state index contributed by atoms with van der Waals surface area (Å²) in [7, 11) is 0. The van der Waals surface area contributed by atoms with Gasteiger partial charge in [0.2, 0.25) is 0 Å². The monoisotopic (exact) mass is 305 g/mol. The predicted octanol–water partition coefficient (Wildman–Crippen LogP) is 4.77. The molecule has 0 aliphatic carbocycles. The normalized spacial score (nSPS) is 11.3. The SMILES string of the molecule is CCc1cccc2c1c1ccsc1c(=O)n2-c1ccccc1. The van der Waals surface area contributed by atoms with Gasteiger partial charge in [0.15, 0.2) is 0 Å². The topological polar surface area (TPSA) is 22.0 Å². The number of hydrogen-bond acceptors (Lipinski definition) is 2. The quantitative estimate of drug-likeness (QED) is 0.523. The molecule has 0 aliphatic rings. The molecule has 4 aromatic rings. The predicted molar refractivity (Wildman–Crippen MR) is 94.3 cm³/mol. The first kappa shape index (κ1) is 13.3. The molecule has 108 valence electrons. The molecule has 0 atom stereocenters. The van der Waals surface area contributed by atoms with Crippen LogP contribution in [0.5, 0.6) is 0 Å². The molecule has 0 bridgehead atoms. The van der Waals surface area contributed by atoms with E-state index in [2.05, 4.69) is 19.1 Å². The van der Waals surface area contributed by atoms with Gasteiger partial charge in [-0.1, -0.05) is 37.3 Å². The minimum absolute atomic E-state index is 0.0666. The molecule has 0 spiro atoms. The van der Waals surface area contributed by atoms with Crippen LogP contribution in [0.2, 0.25) is 0 Å². The summed E-state index contributed by atoms with van der Waals surface area (Å²) < 4.78 is 2.67. The number of rotatable bonds is 2. The summed E-state index contributed by atoms with van der Waals surface area (Å²) in [6, 6.07) is 18.2. The van der Waals surface area contributed by atoms with E-state index in [1.165, 1.54) is 22.3 Å². The van der Waals surface area contributed by atoms with Gasteiger partial charge in [-0.3, -0.25) is 9.36 Å². The molecule has 0 aliphatic heterocycles. The number of nitrogens with zero attached hydrogens (tertiary/aromatic N) is 1. The van der Waals surface area contributed by atoms with Gasteiger partial charge in [0.1, 0.15) is 4.70 Å². The van der Waals surface area contributed by atoms with Gasteiger partial charge in [0.05, 0.1) is 5.52 Å². The minimum Gasteiger partial charge on any atom is -0.276 e. The van der Waals surface area contributed by atoms with E-state index in [1.54, 1.807) is 0 Å². The van der Waals surface area contributed by atoms with Crippen LogP contribution in [0, 0.1) is 0 Å². The van der Waals surface area contributed by atoms with Crippen molar-refractivity contribution in [1.82, 2.24) is 4.57 Å². The Bertz CT molecular complexity index is 1030. The lowest BCUT2D eigenvalue weighted by molar-refractivity contribution is 1.06. The van der Waals surface area contributed by atoms with Crippen LogP contribution in [-0.2, 0) is 6.42 Å². The van der Waals surface area contributed by atoms with Crippen molar-refractivity contribution in [2.24, 2.45) is 0 Å². The van der Waals surface area contributed by atoms with Gasteiger partial charge in [-0.25, -0.2) is 0 Å². The van der Waals surface area contributed by atoms with Crippen LogP contribution in [-0.4, -0.2) is 4.57 Å². The summed E-state index contributed by atoms with van der Waals surface area (Å²) in [5, 5.41) is 4.28. The number of hydrogen-bond donors (Lipinski definition) is 0. The summed E-state index contributed by atoms with van der Waals surface area (Å²) in [6.45, 7) is 2.16. The van der Waals surface area contributed by atoms with E-state index in [4.69, 9.17) is 0 Å². The molecular formula is C19H15NOS. The Kier molecular flexibility index (Phi) is 3.09. The maximum atomic E-state index is 13.0. The fraction of sp³-hybridized carbons (Fsp3) is 0.105. The molecule has 0 radical (unpaired) electrons. The van der Waals surface area contributed by atoms with E-state index >= 15 is 0 Å². The molecule has 0 N–H and O–H groups in total. The average molecular weight is 305 g/mol. The molecular weight excluding hydrogens is 290 g/mol. The standard InChI is InChI=1S/C19H15NOS/c1-2-13-7-6-10-16-17(13)15-11-12-22-18(15)19(21)20(16)14-8-4-3-5-9-14/h3-12H,2H2,1H3. The Hall–Kier alpha value is -2.39. The molecule has 0 fully saturated rings. The van der Waals surface area contributed by atoms with Crippen molar-refractivity contribution in [3.63, 3.8) is 0 Å². The van der Waals surface area contributed by atoms with Gasteiger partial charge in [-0.2, -0.15) is 0 Å². The zero-order valence-electron chi connectivity index (χ0n) is 12.2. The van der Waals surface area contributed by atoms with E-state index in [0.717, 1.165) is 27.7 Å². The van der Waals surface area contributed by atoms with Gasteiger partial charge < -0.3 is 0 Å². The average Bonchev–Trinajstić information content (AvgIpc) is 3.05. The first-order chi connectivity index (χ1) is 10.8. The second-order valence-corrected chi connectivity index (χ2v) is 6.22. The second-order valence-electron chi connectivity index (χ2n) is 5.30. The molecule has 2 nitrogen and oxygen atoms in total. The maximum Gasteiger partial charge on any atom is 0.273 e. The first-order valence-electron chi connectivity index (χ1n) is 7.40.